The summed E-state index contributed by atoms with van der Waals surface area (Å²) in [6, 6.07) is 19.1. The molecule has 4 rings (SSSR count). The number of anilines is 1. The van der Waals surface area contributed by atoms with Crippen LogP contribution < -0.4 is 5.32 Å². The minimum absolute atomic E-state index is 0.0287. The van der Waals surface area contributed by atoms with Gasteiger partial charge in [-0.2, -0.15) is 4.31 Å². The molecule has 3 aromatic carbocycles. The summed E-state index contributed by atoms with van der Waals surface area (Å²) in [5, 5.41) is 2.95. The minimum atomic E-state index is -3.71. The Morgan fingerprint density at radius 1 is 1.03 bits per heavy atom. The van der Waals surface area contributed by atoms with Crippen molar-refractivity contribution in [1.29, 1.82) is 0 Å². The highest BCUT2D eigenvalue weighted by atomic mass is 35.5. The number of halogens is 1. The second kappa shape index (κ2) is 9.35. The first-order valence-electron chi connectivity index (χ1n) is 10.5. The molecule has 2 N–H and O–H groups in total. The number of nitrogens with one attached hydrogen (secondary N) is 2. The van der Waals surface area contributed by atoms with Gasteiger partial charge < -0.3 is 10.3 Å². The number of amides is 1. The second-order valence-electron chi connectivity index (χ2n) is 7.37. The molecule has 0 aliphatic rings. The maximum Gasteiger partial charge on any atom is 0.257 e. The van der Waals surface area contributed by atoms with Crippen LogP contribution in [0.1, 0.15) is 24.2 Å². The van der Waals surface area contributed by atoms with Gasteiger partial charge in [0.25, 0.3) is 5.91 Å². The van der Waals surface area contributed by atoms with Gasteiger partial charge in [-0.3, -0.25) is 4.79 Å². The molecule has 4 aromatic rings. The first kappa shape index (κ1) is 23.0. The van der Waals surface area contributed by atoms with Gasteiger partial charge in [-0.25, -0.2) is 13.4 Å². The number of rotatable bonds is 7. The van der Waals surface area contributed by atoms with E-state index in [-0.39, 0.29) is 15.5 Å². The molecule has 9 heteroatoms. The minimum Gasteiger partial charge on any atom is -0.338 e. The lowest BCUT2D eigenvalue weighted by Crippen LogP contribution is -2.30. The van der Waals surface area contributed by atoms with Gasteiger partial charge >= 0.3 is 0 Å². The summed E-state index contributed by atoms with van der Waals surface area (Å²) in [5.41, 5.74) is 3.33. The van der Waals surface area contributed by atoms with Crippen molar-refractivity contribution in [2.75, 3.05) is 18.4 Å². The van der Waals surface area contributed by atoms with Crippen molar-refractivity contribution in [1.82, 2.24) is 14.3 Å². The largest absolute Gasteiger partial charge is 0.338 e. The van der Waals surface area contributed by atoms with Crippen LogP contribution in [0.3, 0.4) is 0 Å². The molecule has 1 heterocycles. The lowest BCUT2D eigenvalue weighted by Gasteiger charge is -2.19. The zero-order valence-electron chi connectivity index (χ0n) is 18.2. The maximum absolute atomic E-state index is 12.9. The van der Waals surface area contributed by atoms with Crippen LogP contribution in [-0.4, -0.2) is 41.7 Å². The zero-order valence-corrected chi connectivity index (χ0v) is 19.7. The summed E-state index contributed by atoms with van der Waals surface area (Å²) in [6.07, 6.45) is 0. The van der Waals surface area contributed by atoms with Gasteiger partial charge in [-0.05, 0) is 54.6 Å². The highest BCUT2D eigenvalue weighted by molar-refractivity contribution is 7.89. The summed E-state index contributed by atoms with van der Waals surface area (Å²) < 4.78 is 27.0. The van der Waals surface area contributed by atoms with E-state index in [4.69, 9.17) is 11.6 Å². The number of H-pyrrole nitrogens is 1. The molecule has 0 fully saturated rings. The van der Waals surface area contributed by atoms with Crippen LogP contribution in [0.5, 0.6) is 0 Å². The summed E-state index contributed by atoms with van der Waals surface area (Å²) in [5.74, 6) is 0.236. The quantitative estimate of drug-likeness (QED) is 0.380. The summed E-state index contributed by atoms with van der Waals surface area (Å²) >= 11 is 6.22. The number of aromatic nitrogens is 2. The molecule has 0 atom stereocenters. The van der Waals surface area contributed by atoms with Crippen LogP contribution >= 0.6 is 11.6 Å². The molecule has 33 heavy (non-hydrogen) atoms. The number of hydrogen-bond donors (Lipinski definition) is 2. The molecule has 7 nitrogen and oxygen atoms in total. The number of carbonyl (C=O) groups excluding carboxylic acids is 1. The van der Waals surface area contributed by atoms with Crippen molar-refractivity contribution in [3.05, 3.63) is 77.3 Å². The molecule has 1 amide bonds. The SMILES string of the molecule is CCN(CC)S(=O)(=O)c1ccc(Cl)c(C(=O)Nc2ccc(-c3nc4ccccc4[nH]3)cc2)c1. The molecule has 0 spiro atoms. The van der Waals surface area contributed by atoms with E-state index in [1.165, 1.54) is 22.5 Å². The summed E-state index contributed by atoms with van der Waals surface area (Å²) in [4.78, 5) is 20.7. The first-order chi connectivity index (χ1) is 15.8. The number of para-hydroxylation sites is 2. The molecule has 1 aromatic heterocycles. The van der Waals surface area contributed by atoms with Crippen LogP contribution in [0.25, 0.3) is 22.4 Å². The van der Waals surface area contributed by atoms with Crippen molar-refractivity contribution in [3.8, 4) is 11.4 Å². The van der Waals surface area contributed by atoms with E-state index in [1.54, 1.807) is 26.0 Å². The molecular formula is C24H23ClN4O3S. The fourth-order valence-corrected chi connectivity index (χ4v) is 5.24. The van der Waals surface area contributed by atoms with Gasteiger partial charge in [0.1, 0.15) is 5.82 Å². The molecule has 0 saturated carbocycles. The van der Waals surface area contributed by atoms with Crippen LogP contribution in [0.2, 0.25) is 5.02 Å². The van der Waals surface area contributed by atoms with Gasteiger partial charge in [0, 0.05) is 24.3 Å². The lowest BCUT2D eigenvalue weighted by molar-refractivity contribution is 0.102. The topological polar surface area (TPSA) is 95.2 Å². The van der Waals surface area contributed by atoms with Crippen LogP contribution in [-0.2, 0) is 10.0 Å². The van der Waals surface area contributed by atoms with Crippen molar-refractivity contribution in [2.24, 2.45) is 0 Å². The van der Waals surface area contributed by atoms with Crippen molar-refractivity contribution < 1.29 is 13.2 Å². The second-order valence-corrected chi connectivity index (χ2v) is 9.71. The van der Waals surface area contributed by atoms with E-state index in [0.717, 1.165) is 22.4 Å². The predicted molar refractivity (Wildman–Crippen MR) is 131 cm³/mol. The van der Waals surface area contributed by atoms with E-state index < -0.39 is 15.9 Å². The molecule has 0 radical (unpaired) electrons. The number of fused-ring (bicyclic) bond motifs is 1. The number of nitrogens with zero attached hydrogens (tertiary/aromatic N) is 2. The Hall–Kier alpha value is -3.20. The number of aromatic amines is 1. The molecule has 0 bridgehead atoms. The fourth-order valence-electron chi connectivity index (χ4n) is 3.55. The van der Waals surface area contributed by atoms with E-state index in [2.05, 4.69) is 15.3 Å². The molecular weight excluding hydrogens is 460 g/mol. The van der Waals surface area contributed by atoms with Crippen molar-refractivity contribution in [3.63, 3.8) is 0 Å². The highest BCUT2D eigenvalue weighted by Gasteiger charge is 2.24. The molecule has 0 aliphatic heterocycles. The molecule has 0 saturated heterocycles. The number of carbonyl (C=O) groups is 1. The molecule has 0 unspecified atom stereocenters. The number of imidazole rings is 1. The van der Waals surface area contributed by atoms with Gasteiger partial charge in [-0.1, -0.05) is 37.6 Å². The standard InChI is InChI=1S/C24H23ClN4O3S/c1-3-29(4-2)33(31,32)18-13-14-20(25)19(15-18)24(30)26-17-11-9-16(10-12-17)23-27-21-7-5-6-8-22(21)28-23/h5-15H,3-4H2,1-2H3,(H,26,30)(H,27,28). The highest BCUT2D eigenvalue weighted by Crippen LogP contribution is 2.25. The maximum atomic E-state index is 12.9. The van der Waals surface area contributed by atoms with Crippen LogP contribution in [0.15, 0.2) is 71.6 Å². The van der Waals surface area contributed by atoms with E-state index in [1.807, 2.05) is 36.4 Å². The van der Waals surface area contributed by atoms with Gasteiger partial charge in [-0.15, -0.1) is 0 Å². The van der Waals surface area contributed by atoms with Crippen molar-refractivity contribution >= 4 is 44.3 Å². The van der Waals surface area contributed by atoms with Crippen molar-refractivity contribution in [2.45, 2.75) is 18.7 Å². The Morgan fingerprint density at radius 3 is 2.39 bits per heavy atom. The number of benzene rings is 3. The Bertz CT molecular complexity index is 1380. The predicted octanol–water partition coefficient (Wildman–Crippen LogP) is 5.17. The molecule has 0 aliphatic carbocycles. The Morgan fingerprint density at radius 2 is 1.73 bits per heavy atom. The summed E-state index contributed by atoms with van der Waals surface area (Å²) in [6.45, 7) is 4.19. The number of hydrogen-bond acceptors (Lipinski definition) is 4. The van der Waals surface area contributed by atoms with Crippen LogP contribution in [0, 0.1) is 0 Å². The third kappa shape index (κ3) is 4.64. The zero-order chi connectivity index (χ0) is 23.6. The molecule has 170 valence electrons. The lowest BCUT2D eigenvalue weighted by atomic mass is 10.1. The average molecular weight is 483 g/mol. The monoisotopic (exact) mass is 482 g/mol. The van der Waals surface area contributed by atoms with E-state index in [0.29, 0.717) is 18.8 Å². The van der Waals surface area contributed by atoms with Gasteiger partial charge in [0.05, 0.1) is 26.5 Å². The number of sulfonamides is 1. The fraction of sp³-hybridized carbons (Fsp3) is 0.167. The normalized spacial score (nSPS) is 11.8. The van der Waals surface area contributed by atoms with E-state index >= 15 is 0 Å². The Balaban J connectivity index is 1.56. The third-order valence-electron chi connectivity index (χ3n) is 5.33. The van der Waals surface area contributed by atoms with Gasteiger partial charge in [0.2, 0.25) is 10.0 Å². The summed E-state index contributed by atoms with van der Waals surface area (Å²) in [7, 11) is -3.71. The average Bonchev–Trinajstić information content (AvgIpc) is 3.24. The third-order valence-corrected chi connectivity index (χ3v) is 7.71. The van der Waals surface area contributed by atoms with E-state index in [9.17, 15) is 13.2 Å². The smallest absolute Gasteiger partial charge is 0.257 e. The van der Waals surface area contributed by atoms with Gasteiger partial charge in [0.15, 0.2) is 0 Å². The first-order valence-corrected chi connectivity index (χ1v) is 12.3. The van der Waals surface area contributed by atoms with Crippen LogP contribution in [0.4, 0.5) is 5.69 Å². The Labute approximate surface area is 197 Å². The Kier molecular flexibility index (Phi) is 6.51.